The Balaban J connectivity index is 2.05. The molecule has 1 atom stereocenters. The number of benzene rings is 3. The van der Waals surface area contributed by atoms with Crippen LogP contribution >= 0.6 is 0 Å². The molecule has 0 heterocycles. The lowest BCUT2D eigenvalue weighted by Gasteiger charge is -2.27. The van der Waals surface area contributed by atoms with Gasteiger partial charge in [0, 0.05) is 36.3 Å². The zero-order valence-electron chi connectivity index (χ0n) is 20.1. The van der Waals surface area contributed by atoms with E-state index in [-0.39, 0.29) is 13.1 Å². The summed E-state index contributed by atoms with van der Waals surface area (Å²) in [5.41, 5.74) is 2.16. The summed E-state index contributed by atoms with van der Waals surface area (Å²) in [6, 6.07) is 19.9. The second-order valence-electron chi connectivity index (χ2n) is 7.72. The van der Waals surface area contributed by atoms with Crippen LogP contribution in [0.2, 0.25) is 0 Å². The highest BCUT2D eigenvalue weighted by Crippen LogP contribution is 2.33. The molecule has 34 heavy (non-hydrogen) atoms. The Morgan fingerprint density at radius 3 is 1.59 bits per heavy atom. The fourth-order valence-corrected chi connectivity index (χ4v) is 5.29. The van der Waals surface area contributed by atoms with Crippen LogP contribution in [0.1, 0.15) is 28.9 Å². The Morgan fingerprint density at radius 2 is 1.18 bits per heavy atom. The first-order chi connectivity index (χ1) is 16.3. The molecule has 0 fully saturated rings. The maximum atomic E-state index is 13.9. The molecule has 8 heteroatoms. The SMILES string of the molecule is COc1ccc(CN(Cc2ccc(OC)cc2OC)S(=O)(=O)C(C)c2ccccc2)c(OC)c1. The van der Waals surface area contributed by atoms with E-state index in [1.165, 1.54) is 4.31 Å². The Labute approximate surface area is 201 Å². The molecule has 0 N–H and O–H groups in total. The van der Waals surface area contributed by atoms with Gasteiger partial charge in [-0.2, -0.15) is 4.31 Å². The first-order valence-electron chi connectivity index (χ1n) is 10.8. The Kier molecular flexibility index (Phi) is 8.41. The van der Waals surface area contributed by atoms with Gasteiger partial charge in [0.2, 0.25) is 10.0 Å². The Hall–Kier alpha value is -3.23. The van der Waals surface area contributed by atoms with E-state index < -0.39 is 15.3 Å². The van der Waals surface area contributed by atoms with Gasteiger partial charge in [-0.25, -0.2) is 8.42 Å². The van der Waals surface area contributed by atoms with Gasteiger partial charge in [-0.15, -0.1) is 0 Å². The zero-order valence-corrected chi connectivity index (χ0v) is 21.0. The molecule has 7 nitrogen and oxygen atoms in total. The summed E-state index contributed by atoms with van der Waals surface area (Å²) in [5, 5.41) is -0.748. The third-order valence-electron chi connectivity index (χ3n) is 5.76. The number of nitrogens with zero attached hydrogens (tertiary/aromatic N) is 1. The molecule has 0 aliphatic rings. The minimum Gasteiger partial charge on any atom is -0.497 e. The van der Waals surface area contributed by atoms with Crippen molar-refractivity contribution in [3.63, 3.8) is 0 Å². The normalized spacial score (nSPS) is 12.3. The molecule has 0 amide bonds. The Bertz CT molecular complexity index is 1140. The monoisotopic (exact) mass is 485 g/mol. The third kappa shape index (κ3) is 5.63. The van der Waals surface area contributed by atoms with Crippen molar-refractivity contribution in [2.24, 2.45) is 0 Å². The number of hydrogen-bond donors (Lipinski definition) is 0. The fourth-order valence-electron chi connectivity index (χ4n) is 3.70. The Morgan fingerprint density at radius 1 is 0.706 bits per heavy atom. The van der Waals surface area contributed by atoms with Crippen LogP contribution in [0, 0.1) is 0 Å². The zero-order chi connectivity index (χ0) is 24.7. The number of rotatable bonds is 11. The van der Waals surface area contributed by atoms with Crippen molar-refractivity contribution in [2.75, 3.05) is 28.4 Å². The van der Waals surface area contributed by atoms with Crippen LogP contribution in [-0.2, 0) is 23.1 Å². The summed E-state index contributed by atoms with van der Waals surface area (Å²) in [7, 11) is 2.48. The standard InChI is InChI=1S/C26H31NO6S/c1-19(20-9-7-6-8-10-20)34(28,29)27(17-21-11-13-23(30-2)15-25(21)32-4)18-22-12-14-24(31-3)16-26(22)33-5/h6-16,19H,17-18H2,1-5H3. The van der Waals surface area contributed by atoms with E-state index in [9.17, 15) is 8.42 Å². The van der Waals surface area contributed by atoms with Crippen molar-refractivity contribution in [3.8, 4) is 23.0 Å². The summed E-state index contributed by atoms with van der Waals surface area (Å²) < 4.78 is 50.9. The van der Waals surface area contributed by atoms with Crippen LogP contribution in [0.4, 0.5) is 0 Å². The van der Waals surface area contributed by atoms with Crippen LogP contribution < -0.4 is 18.9 Å². The van der Waals surface area contributed by atoms with Crippen LogP contribution in [0.5, 0.6) is 23.0 Å². The summed E-state index contributed by atoms with van der Waals surface area (Å²) in [6.45, 7) is 1.93. The molecule has 0 bridgehead atoms. The van der Waals surface area contributed by atoms with Crippen LogP contribution in [0.3, 0.4) is 0 Å². The van der Waals surface area contributed by atoms with Crippen molar-refractivity contribution >= 4 is 10.0 Å². The van der Waals surface area contributed by atoms with Gasteiger partial charge in [0.05, 0.1) is 33.7 Å². The van der Waals surface area contributed by atoms with E-state index in [4.69, 9.17) is 18.9 Å². The highest BCUT2D eigenvalue weighted by molar-refractivity contribution is 7.89. The topological polar surface area (TPSA) is 74.3 Å². The first-order valence-corrected chi connectivity index (χ1v) is 12.3. The van der Waals surface area contributed by atoms with E-state index in [0.29, 0.717) is 23.0 Å². The summed E-state index contributed by atoms with van der Waals surface area (Å²) in [5.74, 6) is 2.36. The predicted molar refractivity (Wildman–Crippen MR) is 132 cm³/mol. The fraction of sp³-hybridized carbons (Fsp3) is 0.308. The molecule has 0 saturated heterocycles. The van der Waals surface area contributed by atoms with Crippen molar-refractivity contribution in [3.05, 3.63) is 83.4 Å². The van der Waals surface area contributed by atoms with Crippen LogP contribution in [0.25, 0.3) is 0 Å². The lowest BCUT2D eigenvalue weighted by molar-refractivity contribution is 0.356. The smallest absolute Gasteiger partial charge is 0.221 e. The maximum Gasteiger partial charge on any atom is 0.221 e. The number of ether oxygens (including phenoxy) is 4. The molecule has 0 radical (unpaired) electrons. The quantitative estimate of drug-likeness (QED) is 0.388. The molecule has 0 spiro atoms. The highest BCUT2D eigenvalue weighted by Gasteiger charge is 2.31. The average molecular weight is 486 g/mol. The first kappa shape index (κ1) is 25.4. The maximum absolute atomic E-state index is 13.9. The summed E-state index contributed by atoms with van der Waals surface area (Å²) in [6.07, 6.45) is 0. The molecule has 182 valence electrons. The second-order valence-corrected chi connectivity index (χ2v) is 9.97. The van der Waals surface area contributed by atoms with Gasteiger partial charge in [0.25, 0.3) is 0 Å². The molecular formula is C26H31NO6S. The van der Waals surface area contributed by atoms with Gasteiger partial charge < -0.3 is 18.9 Å². The van der Waals surface area contributed by atoms with Gasteiger partial charge in [-0.3, -0.25) is 0 Å². The van der Waals surface area contributed by atoms with Crippen molar-refractivity contribution in [2.45, 2.75) is 25.3 Å². The molecule has 3 rings (SSSR count). The summed E-state index contributed by atoms with van der Waals surface area (Å²) in [4.78, 5) is 0. The van der Waals surface area contributed by atoms with Crippen molar-refractivity contribution in [1.29, 1.82) is 0 Å². The highest BCUT2D eigenvalue weighted by atomic mass is 32.2. The molecule has 3 aromatic rings. The minimum atomic E-state index is -3.77. The lowest BCUT2D eigenvalue weighted by Crippen LogP contribution is -2.33. The van der Waals surface area contributed by atoms with Gasteiger partial charge >= 0.3 is 0 Å². The molecule has 0 aliphatic carbocycles. The average Bonchev–Trinajstić information content (AvgIpc) is 2.88. The van der Waals surface area contributed by atoms with E-state index in [0.717, 1.165) is 16.7 Å². The van der Waals surface area contributed by atoms with E-state index in [1.807, 2.05) is 42.5 Å². The third-order valence-corrected chi connectivity index (χ3v) is 7.90. The second kappa shape index (κ2) is 11.3. The molecule has 3 aromatic carbocycles. The van der Waals surface area contributed by atoms with E-state index in [2.05, 4.69) is 0 Å². The van der Waals surface area contributed by atoms with Crippen molar-refractivity contribution < 1.29 is 27.4 Å². The lowest BCUT2D eigenvalue weighted by atomic mass is 10.1. The number of hydrogen-bond acceptors (Lipinski definition) is 6. The summed E-state index contributed by atoms with van der Waals surface area (Å²) >= 11 is 0. The van der Waals surface area contributed by atoms with E-state index in [1.54, 1.807) is 59.6 Å². The molecule has 0 saturated carbocycles. The number of sulfonamides is 1. The van der Waals surface area contributed by atoms with Gasteiger partial charge in [-0.05, 0) is 24.6 Å². The molecule has 0 aromatic heterocycles. The van der Waals surface area contributed by atoms with Gasteiger partial charge in [-0.1, -0.05) is 42.5 Å². The van der Waals surface area contributed by atoms with Gasteiger partial charge in [0.1, 0.15) is 23.0 Å². The van der Waals surface area contributed by atoms with Crippen LogP contribution in [-0.4, -0.2) is 41.2 Å². The van der Waals surface area contributed by atoms with E-state index >= 15 is 0 Å². The van der Waals surface area contributed by atoms with Crippen LogP contribution in [0.15, 0.2) is 66.7 Å². The number of methoxy groups -OCH3 is 4. The largest absolute Gasteiger partial charge is 0.497 e. The molecule has 0 aliphatic heterocycles. The van der Waals surface area contributed by atoms with Crippen molar-refractivity contribution in [1.82, 2.24) is 4.31 Å². The predicted octanol–water partition coefficient (Wildman–Crippen LogP) is 4.81. The molecule has 1 unspecified atom stereocenters. The van der Waals surface area contributed by atoms with Gasteiger partial charge in [0.15, 0.2) is 0 Å². The molecular weight excluding hydrogens is 454 g/mol. The minimum absolute atomic E-state index is 0.113.